The molecule has 1 aromatic rings. The zero-order valence-electron chi connectivity index (χ0n) is 11.0. The van der Waals surface area contributed by atoms with Crippen LogP contribution < -0.4 is 0 Å². The summed E-state index contributed by atoms with van der Waals surface area (Å²) in [5, 5.41) is 13.0. The standard InChI is InChI=1S/C12H21N3O2/c1-5-15(7-6-12(16)17)10(3)11-8-14(4)13-9(11)2/h8,10H,5-7H2,1-4H3,(H,16,17). The van der Waals surface area contributed by atoms with Crippen molar-refractivity contribution in [3.8, 4) is 0 Å². The summed E-state index contributed by atoms with van der Waals surface area (Å²) in [4.78, 5) is 12.8. The van der Waals surface area contributed by atoms with Gasteiger partial charge in [0.05, 0.1) is 12.1 Å². The molecule has 1 unspecified atom stereocenters. The molecule has 96 valence electrons. The van der Waals surface area contributed by atoms with Crippen molar-refractivity contribution in [3.05, 3.63) is 17.5 Å². The molecule has 0 saturated heterocycles. The third kappa shape index (κ3) is 3.56. The maximum absolute atomic E-state index is 10.6. The van der Waals surface area contributed by atoms with Crippen molar-refractivity contribution in [2.45, 2.75) is 33.2 Å². The van der Waals surface area contributed by atoms with Crippen LogP contribution in [-0.2, 0) is 11.8 Å². The fraction of sp³-hybridized carbons (Fsp3) is 0.667. The van der Waals surface area contributed by atoms with E-state index in [2.05, 4.69) is 16.9 Å². The first kappa shape index (κ1) is 13.7. The Morgan fingerprint density at radius 1 is 1.65 bits per heavy atom. The summed E-state index contributed by atoms with van der Waals surface area (Å²) in [6.45, 7) is 7.53. The van der Waals surface area contributed by atoms with Gasteiger partial charge >= 0.3 is 5.97 Å². The maximum atomic E-state index is 10.6. The number of hydrogen-bond donors (Lipinski definition) is 1. The van der Waals surface area contributed by atoms with Crippen LogP contribution in [0.5, 0.6) is 0 Å². The van der Waals surface area contributed by atoms with E-state index < -0.39 is 5.97 Å². The van der Waals surface area contributed by atoms with E-state index in [4.69, 9.17) is 5.11 Å². The highest BCUT2D eigenvalue weighted by molar-refractivity contribution is 5.66. The molecule has 0 saturated carbocycles. The van der Waals surface area contributed by atoms with E-state index in [1.165, 1.54) is 5.56 Å². The lowest BCUT2D eigenvalue weighted by Gasteiger charge is -2.26. The zero-order valence-corrected chi connectivity index (χ0v) is 11.0. The molecule has 5 nitrogen and oxygen atoms in total. The van der Waals surface area contributed by atoms with Crippen LogP contribution >= 0.6 is 0 Å². The van der Waals surface area contributed by atoms with Crippen molar-refractivity contribution in [2.75, 3.05) is 13.1 Å². The van der Waals surface area contributed by atoms with Gasteiger partial charge in [-0.05, 0) is 20.4 Å². The van der Waals surface area contributed by atoms with E-state index in [9.17, 15) is 4.79 Å². The van der Waals surface area contributed by atoms with Gasteiger partial charge in [0.2, 0.25) is 0 Å². The summed E-state index contributed by atoms with van der Waals surface area (Å²) in [5.41, 5.74) is 2.17. The molecule has 1 rings (SSSR count). The van der Waals surface area contributed by atoms with Crippen LogP contribution in [0.1, 0.15) is 37.6 Å². The SMILES string of the molecule is CCN(CCC(=O)O)C(C)c1cn(C)nc1C. The summed E-state index contributed by atoms with van der Waals surface area (Å²) in [6, 6.07) is 0.202. The average Bonchev–Trinajstić information content (AvgIpc) is 2.58. The molecule has 0 aromatic carbocycles. The smallest absolute Gasteiger partial charge is 0.304 e. The van der Waals surface area contributed by atoms with Crippen LogP contribution in [0.25, 0.3) is 0 Å². The van der Waals surface area contributed by atoms with E-state index in [0.29, 0.717) is 6.54 Å². The van der Waals surface area contributed by atoms with Crippen LogP contribution in [0.3, 0.4) is 0 Å². The number of aryl methyl sites for hydroxylation is 2. The van der Waals surface area contributed by atoms with Crippen molar-refractivity contribution in [1.29, 1.82) is 0 Å². The molecule has 0 fully saturated rings. The van der Waals surface area contributed by atoms with E-state index in [1.54, 1.807) is 4.68 Å². The minimum atomic E-state index is -0.751. The number of rotatable bonds is 6. The number of hydrogen-bond acceptors (Lipinski definition) is 3. The van der Waals surface area contributed by atoms with Crippen molar-refractivity contribution in [1.82, 2.24) is 14.7 Å². The molecule has 0 aliphatic carbocycles. The first-order valence-corrected chi connectivity index (χ1v) is 5.91. The normalized spacial score (nSPS) is 13.0. The molecule has 0 radical (unpaired) electrons. The highest BCUT2D eigenvalue weighted by atomic mass is 16.4. The lowest BCUT2D eigenvalue weighted by atomic mass is 10.1. The number of aromatic nitrogens is 2. The highest BCUT2D eigenvalue weighted by Gasteiger charge is 2.18. The van der Waals surface area contributed by atoms with E-state index in [-0.39, 0.29) is 12.5 Å². The van der Waals surface area contributed by atoms with Crippen LogP contribution in [0.2, 0.25) is 0 Å². The summed E-state index contributed by atoms with van der Waals surface area (Å²) in [5.74, 6) is -0.751. The van der Waals surface area contributed by atoms with Crippen LogP contribution in [0, 0.1) is 6.92 Å². The van der Waals surface area contributed by atoms with Gasteiger partial charge in [-0.2, -0.15) is 5.10 Å². The topological polar surface area (TPSA) is 58.4 Å². The second kappa shape index (κ2) is 5.82. The number of carbonyl (C=O) groups is 1. The first-order chi connectivity index (χ1) is 7.95. The highest BCUT2D eigenvalue weighted by Crippen LogP contribution is 2.22. The summed E-state index contributed by atoms with van der Waals surface area (Å²) in [7, 11) is 1.90. The molecule has 1 heterocycles. The molecule has 5 heteroatoms. The van der Waals surface area contributed by atoms with Crippen molar-refractivity contribution in [2.24, 2.45) is 7.05 Å². The van der Waals surface area contributed by atoms with Gasteiger partial charge in [-0.1, -0.05) is 6.92 Å². The second-order valence-corrected chi connectivity index (χ2v) is 4.29. The molecule has 0 spiro atoms. The van der Waals surface area contributed by atoms with Crippen LogP contribution in [0.4, 0.5) is 0 Å². The lowest BCUT2D eigenvalue weighted by molar-refractivity contribution is -0.137. The van der Waals surface area contributed by atoms with Crippen molar-refractivity contribution in [3.63, 3.8) is 0 Å². The Labute approximate surface area is 102 Å². The predicted octanol–water partition coefficient (Wildman–Crippen LogP) is 1.59. The van der Waals surface area contributed by atoms with Gasteiger partial charge in [0, 0.05) is 31.4 Å². The molecule has 0 aliphatic heterocycles. The predicted molar refractivity (Wildman–Crippen MR) is 65.9 cm³/mol. The van der Waals surface area contributed by atoms with Gasteiger partial charge in [-0.3, -0.25) is 14.4 Å². The van der Waals surface area contributed by atoms with Crippen LogP contribution in [-0.4, -0.2) is 38.8 Å². The second-order valence-electron chi connectivity index (χ2n) is 4.29. The van der Waals surface area contributed by atoms with Crippen LogP contribution in [0.15, 0.2) is 6.20 Å². The lowest BCUT2D eigenvalue weighted by Crippen LogP contribution is -2.29. The Bertz CT molecular complexity index is 387. The minimum absolute atomic E-state index is 0.178. The number of carboxylic acids is 1. The van der Waals surface area contributed by atoms with Gasteiger partial charge < -0.3 is 5.11 Å². The Morgan fingerprint density at radius 2 is 2.29 bits per heavy atom. The maximum Gasteiger partial charge on any atom is 0.304 e. The minimum Gasteiger partial charge on any atom is -0.481 e. The van der Waals surface area contributed by atoms with E-state index in [0.717, 1.165) is 12.2 Å². The fourth-order valence-corrected chi connectivity index (χ4v) is 2.09. The number of nitrogens with zero attached hydrogens (tertiary/aromatic N) is 3. The Balaban J connectivity index is 2.74. The molecule has 0 bridgehead atoms. The molecular formula is C12H21N3O2. The van der Waals surface area contributed by atoms with Gasteiger partial charge in [0.1, 0.15) is 0 Å². The Hall–Kier alpha value is -1.36. The van der Waals surface area contributed by atoms with Crippen molar-refractivity contribution < 1.29 is 9.90 Å². The largest absolute Gasteiger partial charge is 0.481 e. The van der Waals surface area contributed by atoms with Gasteiger partial charge in [0.25, 0.3) is 0 Å². The Morgan fingerprint density at radius 3 is 2.71 bits per heavy atom. The third-order valence-corrected chi connectivity index (χ3v) is 3.07. The van der Waals surface area contributed by atoms with Crippen molar-refractivity contribution >= 4 is 5.97 Å². The monoisotopic (exact) mass is 239 g/mol. The third-order valence-electron chi connectivity index (χ3n) is 3.07. The molecule has 17 heavy (non-hydrogen) atoms. The van der Waals surface area contributed by atoms with Gasteiger partial charge in [-0.25, -0.2) is 0 Å². The average molecular weight is 239 g/mol. The Kier molecular flexibility index (Phi) is 4.69. The quantitative estimate of drug-likeness (QED) is 0.819. The number of aliphatic carboxylic acids is 1. The van der Waals surface area contributed by atoms with E-state index >= 15 is 0 Å². The number of carboxylic acid groups (broad SMARTS) is 1. The molecule has 0 amide bonds. The van der Waals surface area contributed by atoms with E-state index in [1.807, 2.05) is 27.1 Å². The molecular weight excluding hydrogens is 218 g/mol. The fourth-order valence-electron chi connectivity index (χ4n) is 2.09. The summed E-state index contributed by atoms with van der Waals surface area (Å²) < 4.78 is 1.80. The molecule has 1 atom stereocenters. The summed E-state index contributed by atoms with van der Waals surface area (Å²) in [6.07, 6.45) is 2.18. The molecule has 1 aromatic heterocycles. The van der Waals surface area contributed by atoms with Gasteiger partial charge in [0.15, 0.2) is 0 Å². The first-order valence-electron chi connectivity index (χ1n) is 5.91. The molecule has 0 aliphatic rings. The molecule has 1 N–H and O–H groups in total. The van der Waals surface area contributed by atoms with Gasteiger partial charge in [-0.15, -0.1) is 0 Å². The summed E-state index contributed by atoms with van der Waals surface area (Å²) >= 11 is 0. The zero-order chi connectivity index (χ0) is 13.0.